The lowest BCUT2D eigenvalue weighted by atomic mass is 9.92. The van der Waals surface area contributed by atoms with Gasteiger partial charge >= 0.3 is 0 Å². The van der Waals surface area contributed by atoms with Crippen LogP contribution in [0.3, 0.4) is 0 Å². The van der Waals surface area contributed by atoms with Gasteiger partial charge < -0.3 is 18.5 Å². The second-order valence-electron chi connectivity index (χ2n) is 13.1. The van der Waals surface area contributed by atoms with E-state index in [4.69, 9.17) is 18.6 Å². The van der Waals surface area contributed by atoms with E-state index in [0.29, 0.717) is 5.89 Å². The number of furan rings is 1. The molecule has 0 amide bonds. The van der Waals surface area contributed by atoms with E-state index < -0.39 is 0 Å². The van der Waals surface area contributed by atoms with Gasteiger partial charge in [0.1, 0.15) is 28.5 Å². The summed E-state index contributed by atoms with van der Waals surface area (Å²) in [6, 6.07) is 46.5. The zero-order valence-corrected chi connectivity index (χ0v) is 26.8. The molecule has 236 valence electrons. The maximum Gasteiger partial charge on any atom is 0.227 e. The van der Waals surface area contributed by atoms with Gasteiger partial charge in [-0.2, -0.15) is 0 Å². The van der Waals surface area contributed by atoms with E-state index in [0.717, 1.165) is 83.0 Å². The Hall–Kier alpha value is -6.59. The van der Waals surface area contributed by atoms with Crippen molar-refractivity contribution in [2.75, 3.05) is 4.90 Å². The summed E-state index contributed by atoms with van der Waals surface area (Å²) in [6.45, 7) is 0. The third kappa shape index (κ3) is 4.10. The number of fused-ring (bicyclic) bond motifs is 11. The van der Waals surface area contributed by atoms with E-state index in [1.54, 1.807) is 0 Å². The number of aromatic nitrogens is 1. The molecule has 50 heavy (non-hydrogen) atoms. The molecule has 5 nitrogen and oxygen atoms in total. The van der Waals surface area contributed by atoms with E-state index in [1.165, 1.54) is 5.56 Å². The third-order valence-electron chi connectivity index (χ3n) is 10.2. The van der Waals surface area contributed by atoms with Crippen molar-refractivity contribution < 1.29 is 13.6 Å². The zero-order chi connectivity index (χ0) is 32.8. The summed E-state index contributed by atoms with van der Waals surface area (Å²) >= 11 is 0. The van der Waals surface area contributed by atoms with Crippen LogP contribution < -0.4 is 9.64 Å². The van der Waals surface area contributed by atoms with Crippen molar-refractivity contribution in [2.45, 2.75) is 12.0 Å². The van der Waals surface area contributed by atoms with Crippen LogP contribution in [-0.4, -0.2) is 11.1 Å². The van der Waals surface area contributed by atoms with Gasteiger partial charge in [0.2, 0.25) is 5.89 Å². The molecule has 2 atom stereocenters. The first-order chi connectivity index (χ1) is 24.7. The average Bonchev–Trinajstić information content (AvgIpc) is 3.88. The molecule has 0 fully saturated rings. The number of oxazole rings is 1. The summed E-state index contributed by atoms with van der Waals surface area (Å²) in [5.74, 6) is 1.75. The molecule has 0 N–H and O–H groups in total. The lowest BCUT2D eigenvalue weighted by Gasteiger charge is -2.26. The average molecular weight is 645 g/mol. The molecule has 1 aliphatic carbocycles. The second-order valence-corrected chi connectivity index (χ2v) is 13.1. The van der Waals surface area contributed by atoms with Crippen molar-refractivity contribution >= 4 is 71.6 Å². The monoisotopic (exact) mass is 644 g/mol. The molecular weight excluding hydrogens is 617 g/mol. The minimum absolute atomic E-state index is 0.0164. The Morgan fingerprint density at radius 2 is 1.30 bits per heavy atom. The Balaban J connectivity index is 1.13. The molecule has 0 bridgehead atoms. The maximum absolute atomic E-state index is 6.55. The summed E-state index contributed by atoms with van der Waals surface area (Å²) in [4.78, 5) is 7.18. The largest absolute Gasteiger partial charge is 0.485 e. The minimum Gasteiger partial charge on any atom is -0.485 e. The highest BCUT2D eigenvalue weighted by Gasteiger charge is 2.32. The molecule has 1 aliphatic heterocycles. The first-order valence-electron chi connectivity index (χ1n) is 16.9. The van der Waals surface area contributed by atoms with Crippen LogP contribution >= 0.6 is 0 Å². The minimum atomic E-state index is 0.0164. The van der Waals surface area contributed by atoms with Crippen LogP contribution in [0.25, 0.3) is 66.0 Å². The number of ether oxygens (including phenoxy) is 1. The Labute approximate surface area is 286 Å². The molecular formula is C45H28N2O3. The zero-order valence-electron chi connectivity index (χ0n) is 26.8. The fourth-order valence-electron chi connectivity index (χ4n) is 7.82. The molecule has 2 aliphatic rings. The number of nitrogens with zero attached hydrogens (tertiary/aromatic N) is 2. The highest BCUT2D eigenvalue weighted by Crippen LogP contribution is 2.47. The van der Waals surface area contributed by atoms with Gasteiger partial charge in [-0.15, -0.1) is 0 Å². The van der Waals surface area contributed by atoms with E-state index in [1.807, 2.05) is 48.5 Å². The standard InChI is InChI=1S/C45H28N2O3/c1-2-8-29(9-3-1)45-46-38-23-17-28-15-14-27-16-18-30(24-37(27)43(28)44(38)50-45)47(31-19-21-35-33-10-4-6-12-39(33)48-41(35)25-31)32-20-22-36-34-11-5-7-13-40(34)49-42(36)26-32/h1-26,33,39H. The number of para-hydroxylation sites is 1. The predicted octanol–water partition coefficient (Wildman–Crippen LogP) is 12.1. The fraction of sp³-hybridized carbons (Fsp3) is 0.0444. The molecule has 5 heteroatoms. The number of anilines is 3. The van der Waals surface area contributed by atoms with Gasteiger partial charge in [-0.3, -0.25) is 0 Å². The topological polar surface area (TPSA) is 51.6 Å². The summed E-state index contributed by atoms with van der Waals surface area (Å²) in [7, 11) is 0. The number of benzene rings is 7. The van der Waals surface area contributed by atoms with Crippen LogP contribution in [0.5, 0.6) is 5.75 Å². The normalized spacial score (nSPS) is 16.4. The number of rotatable bonds is 4. The summed E-state index contributed by atoms with van der Waals surface area (Å²) in [5.41, 5.74) is 8.50. The van der Waals surface area contributed by atoms with Gasteiger partial charge in [-0.25, -0.2) is 4.98 Å². The SMILES string of the molecule is C1=CC2Oc3cc(N(c4ccc5c(c4)oc4ccccc45)c4ccc5ccc6ccc7nc(-c8ccccc8)oc7c6c5c4)ccc3C2C=C1. The second kappa shape index (κ2) is 10.5. The predicted molar refractivity (Wildman–Crippen MR) is 202 cm³/mol. The molecule has 2 aromatic heterocycles. The molecule has 2 unspecified atom stereocenters. The first-order valence-corrected chi connectivity index (χ1v) is 16.9. The molecule has 0 spiro atoms. The summed E-state index contributed by atoms with van der Waals surface area (Å²) in [5, 5.41) is 6.56. The Kier molecular flexibility index (Phi) is 5.72. The number of hydrogen-bond donors (Lipinski definition) is 0. The third-order valence-corrected chi connectivity index (χ3v) is 10.2. The summed E-state index contributed by atoms with van der Waals surface area (Å²) in [6.07, 6.45) is 8.56. The van der Waals surface area contributed by atoms with Crippen molar-refractivity contribution in [1.82, 2.24) is 4.98 Å². The van der Waals surface area contributed by atoms with Crippen LogP contribution in [-0.2, 0) is 0 Å². The van der Waals surface area contributed by atoms with Crippen LogP contribution in [0.4, 0.5) is 17.1 Å². The molecule has 0 radical (unpaired) electrons. The molecule has 0 saturated carbocycles. The Morgan fingerprint density at radius 1 is 0.560 bits per heavy atom. The van der Waals surface area contributed by atoms with Gasteiger partial charge in [0.15, 0.2) is 5.58 Å². The molecule has 3 heterocycles. The highest BCUT2D eigenvalue weighted by molar-refractivity contribution is 6.18. The quantitative estimate of drug-likeness (QED) is 0.178. The molecule has 7 aromatic carbocycles. The highest BCUT2D eigenvalue weighted by atomic mass is 16.5. The van der Waals surface area contributed by atoms with E-state index >= 15 is 0 Å². The van der Waals surface area contributed by atoms with Crippen molar-refractivity contribution in [3.8, 4) is 17.2 Å². The molecule has 11 rings (SSSR count). The number of allylic oxidation sites excluding steroid dienone is 2. The fourth-order valence-corrected chi connectivity index (χ4v) is 7.82. The van der Waals surface area contributed by atoms with Crippen LogP contribution in [0.1, 0.15) is 11.5 Å². The van der Waals surface area contributed by atoms with Crippen LogP contribution in [0, 0.1) is 0 Å². The van der Waals surface area contributed by atoms with E-state index in [-0.39, 0.29) is 12.0 Å². The smallest absolute Gasteiger partial charge is 0.227 e. The Bertz CT molecular complexity index is 2880. The van der Waals surface area contributed by atoms with E-state index in [2.05, 4.69) is 114 Å². The van der Waals surface area contributed by atoms with Crippen molar-refractivity contribution in [3.05, 3.63) is 163 Å². The van der Waals surface area contributed by atoms with Crippen molar-refractivity contribution in [1.29, 1.82) is 0 Å². The van der Waals surface area contributed by atoms with Crippen molar-refractivity contribution in [2.24, 2.45) is 0 Å². The van der Waals surface area contributed by atoms with Crippen LogP contribution in [0.2, 0.25) is 0 Å². The van der Waals surface area contributed by atoms with Gasteiger partial charge in [0.05, 0.1) is 0 Å². The van der Waals surface area contributed by atoms with Gasteiger partial charge in [-0.1, -0.05) is 85.0 Å². The molecule has 9 aromatic rings. The van der Waals surface area contributed by atoms with Gasteiger partial charge in [-0.05, 0) is 76.8 Å². The number of hydrogen-bond acceptors (Lipinski definition) is 5. The molecule has 0 saturated heterocycles. The van der Waals surface area contributed by atoms with Gasteiger partial charge in [0, 0.05) is 62.4 Å². The lowest BCUT2D eigenvalue weighted by Crippen LogP contribution is -2.15. The maximum atomic E-state index is 6.55. The van der Waals surface area contributed by atoms with Crippen molar-refractivity contribution in [3.63, 3.8) is 0 Å². The Morgan fingerprint density at radius 3 is 2.26 bits per heavy atom. The van der Waals surface area contributed by atoms with Gasteiger partial charge in [0.25, 0.3) is 0 Å². The van der Waals surface area contributed by atoms with Crippen LogP contribution in [0.15, 0.2) is 167 Å². The summed E-state index contributed by atoms with van der Waals surface area (Å²) < 4.78 is 19.4. The van der Waals surface area contributed by atoms with E-state index in [9.17, 15) is 0 Å². The first kappa shape index (κ1) is 27.4. The lowest BCUT2D eigenvalue weighted by molar-refractivity contribution is 0.269.